The largest absolute Gasteiger partial charge is 0.498 e. The Bertz CT molecular complexity index is 487. The highest BCUT2D eigenvalue weighted by Crippen LogP contribution is 2.37. The van der Waals surface area contributed by atoms with Gasteiger partial charge in [-0.1, -0.05) is 12.1 Å². The second-order valence-corrected chi connectivity index (χ2v) is 5.89. The van der Waals surface area contributed by atoms with Crippen molar-refractivity contribution < 1.29 is 22.8 Å². The van der Waals surface area contributed by atoms with Gasteiger partial charge in [0.2, 0.25) is 0 Å². The molecule has 0 aliphatic carbocycles. The van der Waals surface area contributed by atoms with E-state index in [1.807, 2.05) is 27.7 Å². The quantitative estimate of drug-likeness (QED) is 0.799. The van der Waals surface area contributed by atoms with Crippen LogP contribution >= 0.6 is 0 Å². The number of hydrogen-bond donors (Lipinski definition) is 0. The fourth-order valence-electron chi connectivity index (χ4n) is 2.03. The average molecular weight is 284 g/mol. The molecule has 3 nitrogen and oxygen atoms in total. The molecular formula is C14H19BF2O3. The molecule has 1 aliphatic heterocycles. The van der Waals surface area contributed by atoms with Crippen LogP contribution in [-0.2, 0) is 9.31 Å². The smallest absolute Gasteiger partial charge is 0.497 e. The molecule has 110 valence electrons. The molecule has 0 atom stereocenters. The van der Waals surface area contributed by atoms with Crippen molar-refractivity contribution >= 4 is 12.6 Å². The van der Waals surface area contributed by atoms with Crippen LogP contribution < -0.4 is 10.2 Å². The summed E-state index contributed by atoms with van der Waals surface area (Å²) in [6.45, 7) is 7.75. The third kappa shape index (κ3) is 2.54. The molecule has 20 heavy (non-hydrogen) atoms. The predicted molar refractivity (Wildman–Crippen MR) is 73.7 cm³/mol. The first kappa shape index (κ1) is 15.3. The van der Waals surface area contributed by atoms with Gasteiger partial charge >= 0.3 is 7.12 Å². The van der Waals surface area contributed by atoms with Crippen molar-refractivity contribution in [3.63, 3.8) is 0 Å². The van der Waals surface area contributed by atoms with Crippen LogP contribution in [0.4, 0.5) is 8.78 Å². The highest BCUT2D eigenvalue weighted by Gasteiger charge is 2.52. The van der Waals surface area contributed by atoms with E-state index in [1.165, 1.54) is 19.2 Å². The first-order chi connectivity index (χ1) is 9.18. The summed E-state index contributed by atoms with van der Waals surface area (Å²) in [7, 11) is 0.820. The first-order valence-corrected chi connectivity index (χ1v) is 6.49. The predicted octanol–water partition coefficient (Wildman–Crippen LogP) is 2.93. The van der Waals surface area contributed by atoms with Gasteiger partial charge in [-0.3, -0.25) is 0 Å². The van der Waals surface area contributed by atoms with Crippen LogP contribution in [0.15, 0.2) is 18.2 Å². The van der Waals surface area contributed by atoms with Crippen molar-refractivity contribution in [2.45, 2.75) is 45.3 Å². The Kier molecular flexibility index (Phi) is 3.82. The SMILES string of the molecule is COc1cc(C(F)F)ccc1B1OC(C)(C)C(C)(C)O1. The van der Waals surface area contributed by atoms with Gasteiger partial charge in [0.1, 0.15) is 5.75 Å². The minimum atomic E-state index is -2.53. The number of benzene rings is 1. The maximum absolute atomic E-state index is 12.7. The van der Waals surface area contributed by atoms with Crippen LogP contribution in [0.5, 0.6) is 5.75 Å². The van der Waals surface area contributed by atoms with Crippen LogP contribution in [0.2, 0.25) is 0 Å². The van der Waals surface area contributed by atoms with E-state index in [0.717, 1.165) is 0 Å². The van der Waals surface area contributed by atoms with E-state index in [-0.39, 0.29) is 5.56 Å². The number of hydrogen-bond acceptors (Lipinski definition) is 3. The lowest BCUT2D eigenvalue weighted by atomic mass is 9.78. The summed E-state index contributed by atoms with van der Waals surface area (Å²) in [6.07, 6.45) is -2.53. The highest BCUT2D eigenvalue weighted by molar-refractivity contribution is 6.63. The fourth-order valence-corrected chi connectivity index (χ4v) is 2.03. The van der Waals surface area contributed by atoms with E-state index < -0.39 is 24.7 Å². The van der Waals surface area contributed by atoms with Gasteiger partial charge < -0.3 is 14.0 Å². The van der Waals surface area contributed by atoms with Gasteiger partial charge in [0, 0.05) is 11.0 Å². The van der Waals surface area contributed by atoms with Crippen molar-refractivity contribution in [2.75, 3.05) is 7.11 Å². The Morgan fingerprint density at radius 2 is 1.65 bits per heavy atom. The molecule has 1 heterocycles. The van der Waals surface area contributed by atoms with Crippen molar-refractivity contribution in [3.8, 4) is 5.75 Å². The maximum Gasteiger partial charge on any atom is 0.498 e. The van der Waals surface area contributed by atoms with Crippen molar-refractivity contribution in [3.05, 3.63) is 23.8 Å². The normalized spacial score (nSPS) is 20.5. The Morgan fingerprint density at radius 3 is 2.10 bits per heavy atom. The molecule has 1 fully saturated rings. The molecule has 2 rings (SSSR count). The molecule has 0 spiro atoms. The van der Waals surface area contributed by atoms with Gasteiger partial charge in [-0.2, -0.15) is 0 Å². The molecular weight excluding hydrogens is 265 g/mol. The van der Waals surface area contributed by atoms with Crippen LogP contribution in [0.3, 0.4) is 0 Å². The monoisotopic (exact) mass is 284 g/mol. The van der Waals surface area contributed by atoms with Crippen LogP contribution in [-0.4, -0.2) is 25.4 Å². The van der Waals surface area contributed by atoms with Gasteiger partial charge in [0.25, 0.3) is 6.43 Å². The van der Waals surface area contributed by atoms with E-state index >= 15 is 0 Å². The Labute approximate surface area is 118 Å². The molecule has 0 N–H and O–H groups in total. The van der Waals surface area contributed by atoms with E-state index in [0.29, 0.717) is 11.2 Å². The van der Waals surface area contributed by atoms with Gasteiger partial charge in [0.15, 0.2) is 0 Å². The molecule has 1 aromatic rings. The van der Waals surface area contributed by atoms with Crippen LogP contribution in [0, 0.1) is 0 Å². The molecule has 1 aliphatic rings. The third-order valence-corrected chi connectivity index (χ3v) is 4.02. The summed E-state index contributed by atoms with van der Waals surface area (Å²) in [5, 5.41) is 0. The number of alkyl halides is 2. The van der Waals surface area contributed by atoms with Crippen molar-refractivity contribution in [1.82, 2.24) is 0 Å². The van der Waals surface area contributed by atoms with Crippen molar-refractivity contribution in [2.24, 2.45) is 0 Å². The average Bonchev–Trinajstić information content (AvgIpc) is 2.57. The lowest BCUT2D eigenvalue weighted by Crippen LogP contribution is -2.41. The Hall–Kier alpha value is -1.14. The van der Waals surface area contributed by atoms with Gasteiger partial charge in [-0.25, -0.2) is 8.78 Å². The highest BCUT2D eigenvalue weighted by atomic mass is 19.3. The molecule has 0 saturated carbocycles. The molecule has 0 unspecified atom stereocenters. The minimum absolute atomic E-state index is 0.0814. The molecule has 1 aromatic carbocycles. The zero-order chi connectivity index (χ0) is 15.1. The summed E-state index contributed by atoms with van der Waals surface area (Å²) >= 11 is 0. The van der Waals surface area contributed by atoms with Crippen LogP contribution in [0.1, 0.15) is 39.7 Å². The maximum atomic E-state index is 12.7. The third-order valence-electron chi connectivity index (χ3n) is 4.02. The lowest BCUT2D eigenvalue weighted by molar-refractivity contribution is 0.00578. The molecule has 0 aromatic heterocycles. The molecule has 6 heteroatoms. The zero-order valence-electron chi connectivity index (χ0n) is 12.4. The molecule has 1 saturated heterocycles. The summed E-state index contributed by atoms with van der Waals surface area (Å²) in [5.41, 5.74) is -0.425. The standard InChI is InChI=1S/C14H19BF2O3/c1-13(2)14(3,4)20-15(19-13)10-7-6-9(12(16)17)8-11(10)18-5/h6-8,12H,1-5H3. The topological polar surface area (TPSA) is 27.7 Å². The van der Waals surface area contributed by atoms with E-state index in [9.17, 15) is 8.78 Å². The van der Waals surface area contributed by atoms with Crippen molar-refractivity contribution in [1.29, 1.82) is 0 Å². The molecule has 0 radical (unpaired) electrons. The number of rotatable bonds is 3. The van der Waals surface area contributed by atoms with Gasteiger partial charge in [-0.15, -0.1) is 0 Å². The number of halogens is 2. The summed E-state index contributed by atoms with van der Waals surface area (Å²) < 4.78 is 42.4. The minimum Gasteiger partial charge on any atom is -0.497 e. The van der Waals surface area contributed by atoms with Crippen LogP contribution in [0.25, 0.3) is 0 Å². The summed E-state index contributed by atoms with van der Waals surface area (Å²) in [6, 6.07) is 4.26. The first-order valence-electron chi connectivity index (χ1n) is 6.49. The molecule has 0 amide bonds. The lowest BCUT2D eigenvalue weighted by Gasteiger charge is -2.32. The Morgan fingerprint density at radius 1 is 1.10 bits per heavy atom. The van der Waals surface area contributed by atoms with E-state index in [4.69, 9.17) is 14.0 Å². The zero-order valence-corrected chi connectivity index (χ0v) is 12.4. The Balaban J connectivity index is 2.35. The van der Waals surface area contributed by atoms with Gasteiger partial charge in [-0.05, 0) is 33.8 Å². The number of ether oxygens (including phenoxy) is 1. The van der Waals surface area contributed by atoms with E-state index in [2.05, 4.69) is 0 Å². The molecule has 0 bridgehead atoms. The second-order valence-electron chi connectivity index (χ2n) is 5.89. The summed E-state index contributed by atoms with van der Waals surface area (Å²) in [5.74, 6) is 0.348. The van der Waals surface area contributed by atoms with Gasteiger partial charge in [0.05, 0.1) is 18.3 Å². The fraction of sp³-hybridized carbons (Fsp3) is 0.571. The number of methoxy groups -OCH3 is 1. The second kappa shape index (κ2) is 5.00. The summed E-state index contributed by atoms with van der Waals surface area (Å²) in [4.78, 5) is 0. The van der Waals surface area contributed by atoms with E-state index in [1.54, 1.807) is 6.07 Å².